The average molecular weight is 411 g/mol. The number of anilines is 1. The smallest absolute Gasteiger partial charge is 0.144 e. The van der Waals surface area contributed by atoms with Crippen molar-refractivity contribution in [1.82, 2.24) is 9.97 Å². The summed E-state index contributed by atoms with van der Waals surface area (Å²) >= 11 is 4.33. The fourth-order valence-electron chi connectivity index (χ4n) is 2.46. The highest BCUT2D eigenvalue weighted by Crippen LogP contribution is 2.40. The summed E-state index contributed by atoms with van der Waals surface area (Å²) in [4.78, 5) is 9.67. The average Bonchev–Trinajstić information content (AvgIpc) is 3.05. The predicted octanol–water partition coefficient (Wildman–Crippen LogP) is 4.75. The largest absolute Gasteiger partial charge is 0.369 e. The maximum atomic E-state index is 4.89. The third-order valence-electron chi connectivity index (χ3n) is 3.48. The molecular formula is C16H18IN3S. The van der Waals surface area contributed by atoms with E-state index in [-0.39, 0.29) is 0 Å². The summed E-state index contributed by atoms with van der Waals surface area (Å²) in [5.74, 6) is 3.17. The summed E-state index contributed by atoms with van der Waals surface area (Å²) in [5.41, 5.74) is 2.21. The molecule has 1 atom stereocenters. The van der Waals surface area contributed by atoms with Gasteiger partial charge in [0.15, 0.2) is 0 Å². The number of thioether (sulfide) groups is 1. The molecule has 1 aliphatic rings. The van der Waals surface area contributed by atoms with Gasteiger partial charge in [0.25, 0.3) is 0 Å². The number of halogens is 1. The van der Waals surface area contributed by atoms with Gasteiger partial charge in [-0.25, -0.2) is 9.97 Å². The Morgan fingerprint density at radius 2 is 2.10 bits per heavy atom. The lowest BCUT2D eigenvalue weighted by Gasteiger charge is -2.15. The molecule has 1 fully saturated rings. The zero-order valence-electron chi connectivity index (χ0n) is 12.0. The topological polar surface area (TPSA) is 37.8 Å². The molecule has 1 saturated heterocycles. The molecule has 0 radical (unpaired) electrons. The monoisotopic (exact) mass is 411 g/mol. The molecule has 3 nitrogen and oxygen atoms in total. The van der Waals surface area contributed by atoms with Crippen LogP contribution in [0.4, 0.5) is 5.82 Å². The van der Waals surface area contributed by atoms with Crippen LogP contribution in [0.3, 0.4) is 0 Å². The van der Waals surface area contributed by atoms with E-state index in [1.807, 2.05) is 17.8 Å². The van der Waals surface area contributed by atoms with Gasteiger partial charge in [0, 0.05) is 12.1 Å². The molecule has 1 aromatic heterocycles. The van der Waals surface area contributed by atoms with E-state index in [0.29, 0.717) is 5.25 Å². The molecule has 21 heavy (non-hydrogen) atoms. The minimum absolute atomic E-state index is 0.446. The predicted molar refractivity (Wildman–Crippen MR) is 98.8 cm³/mol. The van der Waals surface area contributed by atoms with Crippen molar-refractivity contribution < 1.29 is 0 Å². The van der Waals surface area contributed by atoms with Crippen LogP contribution in [0.25, 0.3) is 11.3 Å². The van der Waals surface area contributed by atoms with Gasteiger partial charge < -0.3 is 5.32 Å². The van der Waals surface area contributed by atoms with E-state index >= 15 is 0 Å². The summed E-state index contributed by atoms with van der Waals surface area (Å²) in [6, 6.07) is 10.4. The maximum Gasteiger partial charge on any atom is 0.144 e. The summed E-state index contributed by atoms with van der Waals surface area (Å²) in [7, 11) is 0. The Labute approximate surface area is 143 Å². The Morgan fingerprint density at radius 3 is 2.76 bits per heavy atom. The first-order chi connectivity index (χ1) is 10.3. The van der Waals surface area contributed by atoms with Crippen molar-refractivity contribution in [3.63, 3.8) is 0 Å². The summed E-state index contributed by atoms with van der Waals surface area (Å²) in [5, 5.41) is 3.83. The summed E-state index contributed by atoms with van der Waals surface area (Å²) in [6.07, 6.45) is 2.45. The van der Waals surface area contributed by atoms with E-state index in [1.54, 1.807) is 0 Å². The number of nitrogens with one attached hydrogen (secondary N) is 1. The molecule has 2 aromatic rings. The van der Waals surface area contributed by atoms with Crippen molar-refractivity contribution >= 4 is 40.2 Å². The minimum atomic E-state index is 0.446. The molecule has 110 valence electrons. The second-order valence-electron chi connectivity index (χ2n) is 4.99. The molecule has 5 heteroatoms. The van der Waals surface area contributed by atoms with Gasteiger partial charge in [-0.05, 0) is 48.1 Å². The van der Waals surface area contributed by atoms with E-state index in [0.717, 1.165) is 33.0 Å². The lowest BCUT2D eigenvalue weighted by Crippen LogP contribution is -2.09. The Bertz CT molecular complexity index is 612. The zero-order chi connectivity index (χ0) is 14.7. The molecule has 1 N–H and O–H groups in total. The normalized spacial score (nSPS) is 17.9. The van der Waals surface area contributed by atoms with Gasteiger partial charge in [-0.2, -0.15) is 11.8 Å². The summed E-state index contributed by atoms with van der Waals surface area (Å²) in [6.45, 7) is 2.98. The Balaban J connectivity index is 2.08. The Hall–Kier alpha value is -0.820. The van der Waals surface area contributed by atoms with Crippen LogP contribution < -0.4 is 5.32 Å². The van der Waals surface area contributed by atoms with Crippen molar-refractivity contribution in [3.05, 3.63) is 39.7 Å². The van der Waals surface area contributed by atoms with Crippen LogP contribution in [0, 0.1) is 3.57 Å². The van der Waals surface area contributed by atoms with Gasteiger partial charge >= 0.3 is 0 Å². The Kier molecular flexibility index (Phi) is 5.00. The highest BCUT2D eigenvalue weighted by molar-refractivity contribution is 14.1. The van der Waals surface area contributed by atoms with E-state index in [2.05, 4.69) is 59.1 Å². The number of hydrogen-bond acceptors (Lipinski definition) is 4. The fraction of sp³-hybridized carbons (Fsp3) is 0.375. The van der Waals surface area contributed by atoms with E-state index < -0.39 is 0 Å². The van der Waals surface area contributed by atoms with Gasteiger partial charge in [-0.3, -0.25) is 0 Å². The highest BCUT2D eigenvalue weighted by atomic mass is 127. The molecule has 0 saturated carbocycles. The molecular weight excluding hydrogens is 393 g/mol. The number of rotatable bonds is 4. The molecule has 1 unspecified atom stereocenters. The lowest BCUT2D eigenvalue weighted by atomic mass is 10.1. The molecule has 0 amide bonds. The second-order valence-corrected chi connectivity index (χ2v) is 7.38. The zero-order valence-corrected chi connectivity index (χ0v) is 14.9. The third-order valence-corrected chi connectivity index (χ3v) is 5.87. The quantitative estimate of drug-likeness (QED) is 0.738. The molecule has 0 spiro atoms. The van der Waals surface area contributed by atoms with Gasteiger partial charge in [0.05, 0.1) is 14.5 Å². The number of hydrogen-bond donors (Lipinski definition) is 1. The molecule has 3 rings (SSSR count). The van der Waals surface area contributed by atoms with Gasteiger partial charge in [-0.1, -0.05) is 30.3 Å². The highest BCUT2D eigenvalue weighted by Gasteiger charge is 2.23. The number of aromatic nitrogens is 2. The standard InChI is InChI=1S/C16H18IN3S/c1-2-18-16-13(17)14(11-7-4-3-5-8-11)19-15(20-16)12-9-6-10-21-12/h3-5,7-8,12H,2,6,9-10H2,1H3,(H,18,19,20). The van der Waals surface area contributed by atoms with Crippen LogP contribution in [0.1, 0.15) is 30.8 Å². The fourth-order valence-corrected chi connectivity index (χ4v) is 4.41. The first kappa shape index (κ1) is 15.1. The van der Waals surface area contributed by atoms with Crippen LogP contribution in [0.5, 0.6) is 0 Å². The van der Waals surface area contributed by atoms with E-state index in [9.17, 15) is 0 Å². The third kappa shape index (κ3) is 3.34. The lowest BCUT2D eigenvalue weighted by molar-refractivity contribution is 0.777. The molecule has 1 aliphatic heterocycles. The van der Waals surface area contributed by atoms with Gasteiger partial charge in [0.1, 0.15) is 11.6 Å². The van der Waals surface area contributed by atoms with Crippen molar-refractivity contribution in [2.75, 3.05) is 17.6 Å². The number of nitrogens with zero attached hydrogens (tertiary/aromatic N) is 2. The van der Waals surface area contributed by atoms with Crippen molar-refractivity contribution in [3.8, 4) is 11.3 Å². The molecule has 0 bridgehead atoms. The van der Waals surface area contributed by atoms with Crippen molar-refractivity contribution in [2.45, 2.75) is 25.0 Å². The van der Waals surface area contributed by atoms with Crippen LogP contribution in [-0.2, 0) is 0 Å². The molecule has 0 aliphatic carbocycles. The first-order valence-corrected chi connectivity index (χ1v) is 9.40. The summed E-state index contributed by atoms with van der Waals surface area (Å²) < 4.78 is 1.10. The molecule has 2 heterocycles. The van der Waals surface area contributed by atoms with Crippen LogP contribution in [0.15, 0.2) is 30.3 Å². The molecule has 1 aromatic carbocycles. The van der Waals surface area contributed by atoms with Crippen LogP contribution in [-0.4, -0.2) is 22.3 Å². The Morgan fingerprint density at radius 1 is 1.29 bits per heavy atom. The second kappa shape index (κ2) is 6.96. The SMILES string of the molecule is CCNc1nc(C2CCCS2)nc(-c2ccccc2)c1I. The van der Waals surface area contributed by atoms with Crippen molar-refractivity contribution in [2.24, 2.45) is 0 Å². The van der Waals surface area contributed by atoms with Gasteiger partial charge in [-0.15, -0.1) is 0 Å². The van der Waals surface area contributed by atoms with E-state index in [4.69, 9.17) is 9.97 Å². The van der Waals surface area contributed by atoms with E-state index in [1.165, 1.54) is 18.6 Å². The first-order valence-electron chi connectivity index (χ1n) is 7.28. The number of benzene rings is 1. The minimum Gasteiger partial charge on any atom is -0.369 e. The van der Waals surface area contributed by atoms with Crippen LogP contribution in [0.2, 0.25) is 0 Å². The van der Waals surface area contributed by atoms with Crippen molar-refractivity contribution in [1.29, 1.82) is 0 Å². The maximum absolute atomic E-state index is 4.89. The van der Waals surface area contributed by atoms with Crippen LogP contribution >= 0.6 is 34.4 Å². The van der Waals surface area contributed by atoms with Gasteiger partial charge in [0.2, 0.25) is 0 Å².